The first-order valence-electron chi connectivity index (χ1n) is 6.19. The maximum Gasteiger partial charge on any atom is 0.227 e. The topological polar surface area (TPSA) is 76.3 Å². The number of aromatic nitrogens is 2. The highest BCUT2D eigenvalue weighted by atomic mass is 16.5. The van der Waals surface area contributed by atoms with Crippen LogP contribution in [0.2, 0.25) is 0 Å². The fourth-order valence-electron chi connectivity index (χ4n) is 1.80. The van der Waals surface area contributed by atoms with Crippen molar-refractivity contribution >= 4 is 11.8 Å². The highest BCUT2D eigenvalue weighted by Crippen LogP contribution is 2.24. The Morgan fingerprint density at radius 2 is 1.94 bits per heavy atom. The van der Waals surface area contributed by atoms with Crippen molar-refractivity contribution in [2.24, 2.45) is 5.84 Å². The standard InChI is InChI=1S/C12H21N5O/c1-12(2,3)9-8-10(16-13)15-11(14-9)17-4-6-18-7-5-17/h8H,4-7,13H2,1-3H3,(H,14,15,16). The number of hydrogen-bond donors (Lipinski definition) is 2. The lowest BCUT2D eigenvalue weighted by Gasteiger charge is -2.28. The molecule has 6 nitrogen and oxygen atoms in total. The normalized spacial score (nSPS) is 16.8. The van der Waals surface area contributed by atoms with Gasteiger partial charge in [0.25, 0.3) is 0 Å². The maximum atomic E-state index is 5.48. The lowest BCUT2D eigenvalue weighted by Crippen LogP contribution is -2.38. The lowest BCUT2D eigenvalue weighted by atomic mass is 9.92. The predicted octanol–water partition coefficient (Wildman–Crippen LogP) is 0.896. The third-order valence-electron chi connectivity index (χ3n) is 2.92. The van der Waals surface area contributed by atoms with E-state index in [2.05, 4.69) is 41.1 Å². The van der Waals surface area contributed by atoms with Crippen LogP contribution in [0.15, 0.2) is 6.07 Å². The van der Waals surface area contributed by atoms with E-state index < -0.39 is 0 Å². The SMILES string of the molecule is CC(C)(C)c1cc(NN)nc(N2CCOCC2)n1. The van der Waals surface area contributed by atoms with E-state index in [1.807, 2.05) is 6.07 Å². The van der Waals surface area contributed by atoms with Crippen LogP contribution in [0.5, 0.6) is 0 Å². The lowest BCUT2D eigenvalue weighted by molar-refractivity contribution is 0.122. The van der Waals surface area contributed by atoms with Crippen molar-refractivity contribution in [3.63, 3.8) is 0 Å². The van der Waals surface area contributed by atoms with Crippen LogP contribution < -0.4 is 16.2 Å². The second-order valence-corrected chi connectivity index (χ2v) is 5.43. The first kappa shape index (κ1) is 13.0. The molecule has 0 atom stereocenters. The zero-order valence-electron chi connectivity index (χ0n) is 11.2. The van der Waals surface area contributed by atoms with E-state index in [4.69, 9.17) is 10.6 Å². The van der Waals surface area contributed by atoms with Gasteiger partial charge in [-0.05, 0) is 0 Å². The molecule has 0 radical (unpaired) electrons. The minimum absolute atomic E-state index is 0.0322. The summed E-state index contributed by atoms with van der Waals surface area (Å²) in [6.45, 7) is 9.44. The number of hydrazine groups is 1. The predicted molar refractivity (Wildman–Crippen MR) is 71.6 cm³/mol. The molecule has 2 heterocycles. The van der Waals surface area contributed by atoms with Gasteiger partial charge in [0.05, 0.1) is 18.9 Å². The Bertz CT molecular complexity index is 409. The zero-order valence-corrected chi connectivity index (χ0v) is 11.2. The second-order valence-electron chi connectivity index (χ2n) is 5.43. The molecular weight excluding hydrogens is 230 g/mol. The van der Waals surface area contributed by atoms with Crippen molar-refractivity contribution in [1.29, 1.82) is 0 Å². The van der Waals surface area contributed by atoms with Gasteiger partial charge in [0, 0.05) is 24.6 Å². The van der Waals surface area contributed by atoms with Gasteiger partial charge in [-0.15, -0.1) is 0 Å². The van der Waals surface area contributed by atoms with E-state index in [0.717, 1.165) is 24.7 Å². The van der Waals surface area contributed by atoms with Gasteiger partial charge in [-0.3, -0.25) is 0 Å². The van der Waals surface area contributed by atoms with E-state index in [1.54, 1.807) is 0 Å². The van der Waals surface area contributed by atoms with Crippen LogP contribution in [0.1, 0.15) is 26.5 Å². The van der Waals surface area contributed by atoms with Gasteiger partial charge in [0.2, 0.25) is 5.95 Å². The van der Waals surface area contributed by atoms with Crippen LogP contribution in [-0.4, -0.2) is 36.3 Å². The molecule has 1 aliphatic heterocycles. The first-order valence-corrected chi connectivity index (χ1v) is 6.19. The number of nitrogen functional groups attached to an aromatic ring is 1. The first-order chi connectivity index (χ1) is 8.50. The average molecular weight is 251 g/mol. The Labute approximate surface area is 108 Å². The molecule has 1 fully saturated rings. The third kappa shape index (κ3) is 2.88. The summed E-state index contributed by atoms with van der Waals surface area (Å²) in [5.74, 6) is 6.85. The summed E-state index contributed by atoms with van der Waals surface area (Å²) in [5.41, 5.74) is 3.56. The molecule has 100 valence electrons. The van der Waals surface area contributed by atoms with Crippen molar-refractivity contribution in [2.45, 2.75) is 26.2 Å². The molecule has 0 aromatic carbocycles. The third-order valence-corrected chi connectivity index (χ3v) is 2.92. The number of nitrogens with two attached hydrogens (primary N) is 1. The highest BCUT2D eigenvalue weighted by molar-refractivity contribution is 5.44. The van der Waals surface area contributed by atoms with Gasteiger partial charge in [-0.2, -0.15) is 4.98 Å². The molecule has 0 spiro atoms. The Balaban J connectivity index is 2.34. The molecule has 1 saturated heterocycles. The van der Waals surface area contributed by atoms with Gasteiger partial charge in [0.1, 0.15) is 5.82 Å². The van der Waals surface area contributed by atoms with E-state index >= 15 is 0 Å². The van der Waals surface area contributed by atoms with Crippen LogP contribution in [0, 0.1) is 0 Å². The molecule has 0 amide bonds. The Morgan fingerprint density at radius 3 is 2.50 bits per heavy atom. The molecule has 0 unspecified atom stereocenters. The maximum absolute atomic E-state index is 5.48. The van der Waals surface area contributed by atoms with Gasteiger partial charge in [0.15, 0.2) is 0 Å². The molecule has 1 aliphatic rings. The van der Waals surface area contributed by atoms with Gasteiger partial charge >= 0.3 is 0 Å². The molecule has 0 aliphatic carbocycles. The van der Waals surface area contributed by atoms with Gasteiger partial charge < -0.3 is 15.1 Å². The minimum atomic E-state index is -0.0322. The Hall–Kier alpha value is -1.40. The molecule has 0 bridgehead atoms. The van der Waals surface area contributed by atoms with E-state index in [9.17, 15) is 0 Å². The van der Waals surface area contributed by atoms with Crippen LogP contribution in [0.3, 0.4) is 0 Å². The summed E-state index contributed by atoms with van der Waals surface area (Å²) in [4.78, 5) is 11.2. The molecule has 0 saturated carbocycles. The number of hydrogen-bond acceptors (Lipinski definition) is 6. The number of nitrogens with zero attached hydrogens (tertiary/aromatic N) is 3. The summed E-state index contributed by atoms with van der Waals surface area (Å²) in [6, 6.07) is 1.89. The number of nitrogens with one attached hydrogen (secondary N) is 1. The number of rotatable bonds is 2. The molecule has 3 N–H and O–H groups in total. The van der Waals surface area contributed by atoms with Crippen LogP contribution in [-0.2, 0) is 10.2 Å². The van der Waals surface area contributed by atoms with E-state index in [0.29, 0.717) is 19.0 Å². The summed E-state index contributed by atoms with van der Waals surface area (Å²) < 4.78 is 5.34. The smallest absolute Gasteiger partial charge is 0.227 e. The Kier molecular flexibility index (Phi) is 3.68. The summed E-state index contributed by atoms with van der Waals surface area (Å²) in [5, 5.41) is 0. The number of ether oxygens (including phenoxy) is 1. The summed E-state index contributed by atoms with van der Waals surface area (Å²) >= 11 is 0. The molecule has 6 heteroatoms. The summed E-state index contributed by atoms with van der Waals surface area (Å²) in [7, 11) is 0. The Morgan fingerprint density at radius 1 is 1.28 bits per heavy atom. The zero-order chi connectivity index (χ0) is 13.2. The van der Waals surface area contributed by atoms with Gasteiger partial charge in [-0.1, -0.05) is 20.8 Å². The van der Waals surface area contributed by atoms with Crippen molar-refractivity contribution in [3.8, 4) is 0 Å². The van der Waals surface area contributed by atoms with Gasteiger partial charge in [-0.25, -0.2) is 10.8 Å². The highest BCUT2D eigenvalue weighted by Gasteiger charge is 2.21. The quantitative estimate of drug-likeness (QED) is 0.600. The molecule has 18 heavy (non-hydrogen) atoms. The van der Waals surface area contributed by atoms with Crippen molar-refractivity contribution in [3.05, 3.63) is 11.8 Å². The number of anilines is 2. The fraction of sp³-hybridized carbons (Fsp3) is 0.667. The van der Waals surface area contributed by atoms with Crippen LogP contribution >= 0.6 is 0 Å². The second kappa shape index (κ2) is 5.07. The monoisotopic (exact) mass is 251 g/mol. The minimum Gasteiger partial charge on any atom is -0.378 e. The molecule has 1 aromatic rings. The van der Waals surface area contributed by atoms with Crippen molar-refractivity contribution in [2.75, 3.05) is 36.6 Å². The van der Waals surface area contributed by atoms with E-state index in [-0.39, 0.29) is 5.41 Å². The fourth-order valence-corrected chi connectivity index (χ4v) is 1.80. The summed E-state index contributed by atoms with van der Waals surface area (Å²) in [6.07, 6.45) is 0. The van der Waals surface area contributed by atoms with Crippen molar-refractivity contribution < 1.29 is 4.74 Å². The average Bonchev–Trinajstić information content (AvgIpc) is 2.38. The van der Waals surface area contributed by atoms with Crippen molar-refractivity contribution in [1.82, 2.24) is 9.97 Å². The molecule has 1 aromatic heterocycles. The molecule has 2 rings (SSSR count). The van der Waals surface area contributed by atoms with Crippen LogP contribution in [0.25, 0.3) is 0 Å². The van der Waals surface area contributed by atoms with Crippen LogP contribution in [0.4, 0.5) is 11.8 Å². The van der Waals surface area contributed by atoms with E-state index in [1.165, 1.54) is 0 Å². The largest absolute Gasteiger partial charge is 0.378 e. The number of morpholine rings is 1. The molecular formula is C12H21N5O.